The monoisotopic (exact) mass is 323 g/mol. The van der Waals surface area contributed by atoms with Crippen molar-refractivity contribution in [1.29, 1.82) is 0 Å². The fourth-order valence-electron chi connectivity index (χ4n) is 1.64. The van der Waals surface area contributed by atoms with E-state index in [-0.39, 0.29) is 6.42 Å². The van der Waals surface area contributed by atoms with Crippen molar-refractivity contribution in [3.63, 3.8) is 0 Å². The summed E-state index contributed by atoms with van der Waals surface area (Å²) in [4.78, 5) is 0. The third kappa shape index (κ3) is 5.40. The minimum absolute atomic E-state index is 0.0530. The maximum absolute atomic E-state index is 12.6. The molecule has 0 radical (unpaired) electrons. The van der Waals surface area contributed by atoms with E-state index >= 15 is 0 Å². The van der Waals surface area contributed by atoms with E-state index in [9.17, 15) is 13.2 Å². The normalized spacial score (nSPS) is 13.6. The summed E-state index contributed by atoms with van der Waals surface area (Å²) in [7, 11) is 0. The Bertz CT molecular complexity index is 348. The second-order valence-corrected chi connectivity index (χ2v) is 5.05. The highest BCUT2D eigenvalue weighted by Crippen LogP contribution is 2.23. The van der Waals surface area contributed by atoms with Crippen LogP contribution in [0.3, 0.4) is 0 Å². The van der Waals surface area contributed by atoms with E-state index in [0.717, 1.165) is 11.1 Å². The largest absolute Gasteiger partial charge is 0.403 e. The lowest BCUT2D eigenvalue weighted by molar-refractivity contribution is -0.155. The van der Waals surface area contributed by atoms with Gasteiger partial charge in [0, 0.05) is 5.33 Å². The zero-order valence-electron chi connectivity index (χ0n) is 10.2. The molecule has 0 amide bonds. The second-order valence-electron chi connectivity index (χ2n) is 4.26. The highest BCUT2D eigenvalue weighted by Gasteiger charge is 2.38. The molecule has 0 spiro atoms. The van der Waals surface area contributed by atoms with Crippen LogP contribution in [0.1, 0.15) is 17.5 Å². The van der Waals surface area contributed by atoms with Crippen LogP contribution in [0.5, 0.6) is 0 Å². The standard InChI is InChI=1S/C13H17BrF3N/c1-10-2-4-11(5-3-10)7-9-18-12(6-8-14)13(15,16)17/h2-5,12,18H,6-9H2,1H3. The summed E-state index contributed by atoms with van der Waals surface area (Å²) in [5, 5.41) is 2.91. The van der Waals surface area contributed by atoms with Crippen molar-refractivity contribution in [2.24, 2.45) is 0 Å². The van der Waals surface area contributed by atoms with Gasteiger partial charge in [-0.25, -0.2) is 0 Å². The Morgan fingerprint density at radius 2 is 1.83 bits per heavy atom. The Hall–Kier alpha value is -0.550. The molecule has 0 bridgehead atoms. The number of hydrogen-bond acceptors (Lipinski definition) is 1. The zero-order chi connectivity index (χ0) is 13.6. The molecule has 0 saturated heterocycles. The molecule has 0 aliphatic carbocycles. The lowest BCUT2D eigenvalue weighted by atomic mass is 10.1. The van der Waals surface area contributed by atoms with Gasteiger partial charge in [0.15, 0.2) is 0 Å². The molecule has 0 heterocycles. The average molecular weight is 324 g/mol. The smallest absolute Gasteiger partial charge is 0.306 e. The summed E-state index contributed by atoms with van der Waals surface area (Å²) in [6.45, 7) is 2.32. The Morgan fingerprint density at radius 1 is 1.22 bits per heavy atom. The second kappa shape index (κ2) is 7.14. The number of rotatable bonds is 6. The first-order chi connectivity index (χ1) is 8.43. The maximum atomic E-state index is 12.6. The van der Waals surface area contributed by atoms with Gasteiger partial charge in [0.1, 0.15) is 6.04 Å². The predicted octanol–water partition coefficient (Wildman–Crippen LogP) is 3.84. The first-order valence-corrected chi connectivity index (χ1v) is 6.97. The molecule has 0 saturated carbocycles. The van der Waals surface area contributed by atoms with E-state index in [0.29, 0.717) is 18.3 Å². The van der Waals surface area contributed by atoms with Gasteiger partial charge in [0.25, 0.3) is 0 Å². The van der Waals surface area contributed by atoms with Gasteiger partial charge in [-0.3, -0.25) is 0 Å². The SMILES string of the molecule is Cc1ccc(CCNC(CCBr)C(F)(F)F)cc1. The van der Waals surface area contributed by atoms with E-state index in [4.69, 9.17) is 0 Å². The van der Waals surface area contributed by atoms with Gasteiger partial charge in [-0.2, -0.15) is 13.2 Å². The summed E-state index contributed by atoms with van der Waals surface area (Å²) in [6.07, 6.45) is -3.52. The fourth-order valence-corrected chi connectivity index (χ4v) is 2.09. The van der Waals surface area contributed by atoms with Crippen LogP contribution < -0.4 is 5.32 Å². The topological polar surface area (TPSA) is 12.0 Å². The van der Waals surface area contributed by atoms with E-state index in [2.05, 4.69) is 21.2 Å². The number of alkyl halides is 4. The van der Waals surface area contributed by atoms with Gasteiger partial charge < -0.3 is 5.32 Å². The van der Waals surface area contributed by atoms with Crippen molar-refractivity contribution < 1.29 is 13.2 Å². The highest BCUT2D eigenvalue weighted by molar-refractivity contribution is 9.09. The van der Waals surface area contributed by atoms with Crippen LogP contribution in [-0.4, -0.2) is 24.1 Å². The van der Waals surface area contributed by atoms with Gasteiger partial charge in [-0.15, -0.1) is 0 Å². The van der Waals surface area contributed by atoms with Crippen LogP contribution in [0.15, 0.2) is 24.3 Å². The third-order valence-electron chi connectivity index (χ3n) is 2.72. The molecule has 1 aromatic carbocycles. The Kier molecular flexibility index (Phi) is 6.15. The minimum Gasteiger partial charge on any atom is -0.306 e. The average Bonchev–Trinajstić information content (AvgIpc) is 2.29. The van der Waals surface area contributed by atoms with Crippen LogP contribution in [0.2, 0.25) is 0 Å². The molecule has 1 aromatic rings. The van der Waals surface area contributed by atoms with Crippen LogP contribution in [-0.2, 0) is 6.42 Å². The Morgan fingerprint density at radius 3 is 2.33 bits per heavy atom. The minimum atomic E-state index is -4.18. The van der Waals surface area contributed by atoms with Gasteiger partial charge in [-0.05, 0) is 31.9 Å². The first kappa shape index (κ1) is 15.5. The van der Waals surface area contributed by atoms with Crippen LogP contribution in [0.4, 0.5) is 13.2 Å². The maximum Gasteiger partial charge on any atom is 0.403 e. The van der Waals surface area contributed by atoms with E-state index in [1.54, 1.807) is 0 Å². The number of hydrogen-bond donors (Lipinski definition) is 1. The number of aryl methyl sites for hydroxylation is 1. The summed E-state index contributed by atoms with van der Waals surface area (Å²) in [6, 6.07) is 6.40. The lowest BCUT2D eigenvalue weighted by Crippen LogP contribution is -2.43. The molecular weight excluding hydrogens is 307 g/mol. The molecule has 0 aromatic heterocycles. The Balaban J connectivity index is 2.41. The molecule has 18 heavy (non-hydrogen) atoms. The number of nitrogens with one attached hydrogen (secondary N) is 1. The Labute approximate surface area is 114 Å². The van der Waals surface area contributed by atoms with Crippen molar-refractivity contribution in [3.8, 4) is 0 Å². The van der Waals surface area contributed by atoms with E-state index < -0.39 is 12.2 Å². The third-order valence-corrected chi connectivity index (χ3v) is 3.18. The zero-order valence-corrected chi connectivity index (χ0v) is 11.8. The summed E-state index contributed by atoms with van der Waals surface area (Å²) in [5.41, 5.74) is 2.20. The number of halogens is 4. The quantitative estimate of drug-likeness (QED) is 0.784. The summed E-state index contributed by atoms with van der Waals surface area (Å²) < 4.78 is 37.8. The predicted molar refractivity (Wildman–Crippen MR) is 71.1 cm³/mol. The molecule has 1 nitrogen and oxygen atoms in total. The molecule has 0 aliphatic rings. The molecule has 0 aliphatic heterocycles. The van der Waals surface area contributed by atoms with Gasteiger partial charge in [0.05, 0.1) is 0 Å². The van der Waals surface area contributed by atoms with Crippen molar-refractivity contribution in [3.05, 3.63) is 35.4 Å². The summed E-state index contributed by atoms with van der Waals surface area (Å²) in [5.74, 6) is 0. The molecule has 1 atom stereocenters. The molecule has 102 valence electrons. The number of benzene rings is 1. The first-order valence-electron chi connectivity index (χ1n) is 5.85. The molecule has 1 N–H and O–H groups in total. The van der Waals surface area contributed by atoms with Gasteiger partial charge in [0.2, 0.25) is 0 Å². The van der Waals surface area contributed by atoms with Gasteiger partial charge >= 0.3 is 6.18 Å². The highest BCUT2D eigenvalue weighted by atomic mass is 79.9. The van der Waals surface area contributed by atoms with Crippen molar-refractivity contribution in [1.82, 2.24) is 5.32 Å². The fraction of sp³-hybridized carbons (Fsp3) is 0.538. The van der Waals surface area contributed by atoms with E-state index in [1.165, 1.54) is 0 Å². The van der Waals surface area contributed by atoms with Crippen molar-refractivity contribution in [2.45, 2.75) is 32.0 Å². The molecule has 0 fully saturated rings. The van der Waals surface area contributed by atoms with Crippen molar-refractivity contribution in [2.75, 3.05) is 11.9 Å². The van der Waals surface area contributed by atoms with E-state index in [1.807, 2.05) is 31.2 Å². The lowest BCUT2D eigenvalue weighted by Gasteiger charge is -2.20. The summed E-state index contributed by atoms with van der Waals surface area (Å²) >= 11 is 3.05. The van der Waals surface area contributed by atoms with Crippen LogP contribution in [0, 0.1) is 6.92 Å². The molecular formula is C13H17BrF3N. The van der Waals surface area contributed by atoms with Crippen molar-refractivity contribution >= 4 is 15.9 Å². The van der Waals surface area contributed by atoms with Gasteiger partial charge in [-0.1, -0.05) is 45.8 Å². The molecule has 5 heteroatoms. The van der Waals surface area contributed by atoms with Crippen LogP contribution in [0.25, 0.3) is 0 Å². The van der Waals surface area contributed by atoms with Crippen LogP contribution >= 0.6 is 15.9 Å². The molecule has 1 unspecified atom stereocenters. The molecule has 1 rings (SSSR count).